The van der Waals surface area contributed by atoms with Gasteiger partial charge in [-0.3, -0.25) is 0 Å². The fourth-order valence-corrected chi connectivity index (χ4v) is 2.30. The number of halogens is 6. The molecule has 1 rings (SSSR count). The first-order valence-electron chi connectivity index (χ1n) is 4.55. The minimum absolute atomic E-state index is 0.148. The van der Waals surface area contributed by atoms with Crippen LogP contribution in [0, 0.1) is 0 Å². The zero-order chi connectivity index (χ0) is 14.1. The molecule has 0 aromatic rings. The summed E-state index contributed by atoms with van der Waals surface area (Å²) in [4.78, 5) is 0.564. The maximum absolute atomic E-state index is 12.8. The first-order chi connectivity index (χ1) is 8.05. The van der Waals surface area contributed by atoms with Crippen molar-refractivity contribution in [3.8, 4) is 0 Å². The van der Waals surface area contributed by atoms with Crippen LogP contribution in [0.15, 0.2) is 23.3 Å². The second kappa shape index (κ2) is 5.41. The minimum atomic E-state index is -5.02. The molecule has 1 unspecified atom stereocenters. The van der Waals surface area contributed by atoms with Gasteiger partial charge in [0, 0.05) is 0 Å². The van der Waals surface area contributed by atoms with Gasteiger partial charge in [0.25, 0.3) is 0 Å². The van der Waals surface area contributed by atoms with Crippen molar-refractivity contribution in [2.24, 2.45) is 0 Å². The van der Waals surface area contributed by atoms with Gasteiger partial charge >= 0.3 is 115 Å². The number of thiol groups is 1. The third kappa shape index (κ3) is 3.63. The Morgan fingerprint density at radius 3 is 2.22 bits per heavy atom. The molecule has 0 saturated heterocycles. The van der Waals surface area contributed by atoms with Crippen LogP contribution in [0.3, 0.4) is 0 Å². The van der Waals surface area contributed by atoms with Crippen molar-refractivity contribution < 1.29 is 45.7 Å². The second-order valence-electron chi connectivity index (χ2n) is 3.41. The molecule has 0 amide bonds. The van der Waals surface area contributed by atoms with Gasteiger partial charge in [0.1, 0.15) is 0 Å². The summed E-state index contributed by atoms with van der Waals surface area (Å²) in [6.45, 7) is -0.269. The van der Waals surface area contributed by atoms with E-state index in [4.69, 9.17) is 0 Å². The van der Waals surface area contributed by atoms with E-state index in [9.17, 15) is 26.3 Å². The molecule has 0 aromatic heterocycles. The van der Waals surface area contributed by atoms with Gasteiger partial charge in [-0.15, -0.1) is 0 Å². The van der Waals surface area contributed by atoms with E-state index in [0.717, 1.165) is 0 Å². The molecule has 0 aliphatic carbocycles. The average molecular weight is 371 g/mol. The van der Waals surface area contributed by atoms with E-state index in [-0.39, 0.29) is 11.6 Å². The molecule has 1 nitrogen and oxygen atoms in total. The van der Waals surface area contributed by atoms with Crippen molar-refractivity contribution in [2.45, 2.75) is 18.4 Å². The number of rotatable bonds is 2. The third-order valence-electron chi connectivity index (χ3n) is 2.13. The molecule has 0 bridgehead atoms. The Hall–Kier alpha value is -0.232. The van der Waals surface area contributed by atoms with E-state index >= 15 is 0 Å². The first-order valence-corrected chi connectivity index (χ1v) is 6.00. The summed E-state index contributed by atoms with van der Waals surface area (Å²) in [5.41, 5.74) is 0. The van der Waals surface area contributed by atoms with E-state index in [2.05, 4.69) is 12.6 Å². The predicted molar refractivity (Wildman–Crippen MR) is 53.8 cm³/mol. The average Bonchev–Trinajstić information content (AvgIpc) is 2.17. The van der Waals surface area contributed by atoms with E-state index in [0.29, 0.717) is 24.3 Å². The molecule has 1 heterocycles. The molecule has 0 aromatic carbocycles. The van der Waals surface area contributed by atoms with Gasteiger partial charge in [0.05, 0.1) is 0 Å². The van der Waals surface area contributed by atoms with Crippen molar-refractivity contribution in [3.63, 3.8) is 0 Å². The zero-order valence-electron chi connectivity index (χ0n) is 8.59. The van der Waals surface area contributed by atoms with Crippen molar-refractivity contribution in [3.05, 3.63) is 23.3 Å². The normalized spacial score (nSPS) is 18.6. The summed E-state index contributed by atoms with van der Waals surface area (Å²) >= 11 is 4.13. The maximum atomic E-state index is 12.8. The first kappa shape index (κ1) is 15.8. The standard InChI is InChI=1S/C9H7F6NS.Mo/c10-8(11,12)5-6(9(13,14)15)16-4-2-1-3-7(16)17;/h1-3,6,17H,4H2;. The number of alkyl halides is 6. The van der Waals surface area contributed by atoms with Crippen LogP contribution in [0.1, 0.15) is 0 Å². The third-order valence-corrected chi connectivity index (χ3v) is 3.65. The molecule has 1 atom stereocenters. The number of hydrogen-bond acceptors (Lipinski definition) is 2. The van der Waals surface area contributed by atoms with E-state index in [1.54, 1.807) is 0 Å². The summed E-state index contributed by atoms with van der Waals surface area (Å²) in [7, 11) is 0. The molecule has 9 heteroatoms. The van der Waals surface area contributed by atoms with Gasteiger partial charge < -0.3 is 0 Å². The fraction of sp³-hybridized carbons (Fsp3) is 0.444. The van der Waals surface area contributed by atoms with Crippen LogP contribution in [-0.2, 0) is 19.4 Å². The predicted octanol–water partition coefficient (Wildman–Crippen LogP) is 2.84. The molecular weight excluding hydrogens is 364 g/mol. The Labute approximate surface area is 115 Å². The number of allylic oxidation sites excluding steroid dienone is 2. The molecule has 0 spiro atoms. The van der Waals surface area contributed by atoms with Crippen LogP contribution in [0.4, 0.5) is 26.3 Å². The number of nitrogens with zero attached hydrogens (tertiary/aromatic N) is 1. The van der Waals surface area contributed by atoms with Crippen LogP contribution >= 0.6 is 12.6 Å². The molecule has 102 valence electrons. The van der Waals surface area contributed by atoms with Crippen molar-refractivity contribution in [1.82, 2.24) is 4.90 Å². The van der Waals surface area contributed by atoms with Crippen LogP contribution in [0.2, 0.25) is 0 Å². The summed E-state index contributed by atoms with van der Waals surface area (Å²) < 4.78 is 74.3. The molecule has 18 heavy (non-hydrogen) atoms. The van der Waals surface area contributed by atoms with Crippen LogP contribution in [-0.4, -0.2) is 33.7 Å². The van der Waals surface area contributed by atoms with Gasteiger partial charge in [0.15, 0.2) is 0 Å². The van der Waals surface area contributed by atoms with Gasteiger partial charge in [-0.2, -0.15) is 0 Å². The Kier molecular flexibility index (Phi) is 4.75. The summed E-state index contributed by atoms with van der Waals surface area (Å²) in [5, 5.41) is -0.148. The van der Waals surface area contributed by atoms with Gasteiger partial charge in [0.2, 0.25) is 0 Å². The SMILES string of the molecule is FC(F)(F)[C](=[Mo])C(N1CC=CC=C1S)C(F)(F)F. The molecule has 0 fully saturated rings. The Morgan fingerprint density at radius 1 is 1.28 bits per heavy atom. The van der Waals surface area contributed by atoms with E-state index in [1.165, 1.54) is 18.2 Å². The van der Waals surface area contributed by atoms with Crippen LogP contribution in [0.5, 0.6) is 0 Å². The second-order valence-corrected chi connectivity index (χ2v) is 4.95. The van der Waals surface area contributed by atoms with Crippen molar-refractivity contribution >= 4 is 16.5 Å². The molecular formula is C9H7F6MoNS. The fourth-order valence-electron chi connectivity index (χ4n) is 1.38. The topological polar surface area (TPSA) is 3.24 Å². The molecule has 0 N–H and O–H groups in total. The summed E-state index contributed by atoms with van der Waals surface area (Å²) in [6.07, 6.45) is -6.02. The molecule has 0 saturated carbocycles. The summed E-state index contributed by atoms with van der Waals surface area (Å²) in [6, 6.07) is -2.71. The molecule has 1 aliphatic heterocycles. The van der Waals surface area contributed by atoms with Crippen molar-refractivity contribution in [2.75, 3.05) is 6.54 Å². The quantitative estimate of drug-likeness (QED) is 0.444. The molecule has 1 aliphatic rings. The Bertz CT molecular complexity index is 397. The summed E-state index contributed by atoms with van der Waals surface area (Å²) in [5.74, 6) is 0. The van der Waals surface area contributed by atoms with E-state index in [1.807, 2.05) is 0 Å². The monoisotopic (exact) mass is 373 g/mol. The van der Waals surface area contributed by atoms with Crippen LogP contribution in [0.25, 0.3) is 0 Å². The Balaban J connectivity index is 3.12. The van der Waals surface area contributed by atoms with Gasteiger partial charge in [-0.05, 0) is 0 Å². The number of hydrogen-bond donors (Lipinski definition) is 1. The Morgan fingerprint density at radius 2 is 1.83 bits per heavy atom. The zero-order valence-corrected chi connectivity index (χ0v) is 11.5. The molecule has 0 radical (unpaired) electrons. The van der Waals surface area contributed by atoms with Crippen molar-refractivity contribution in [1.29, 1.82) is 0 Å². The van der Waals surface area contributed by atoms with Crippen LogP contribution < -0.4 is 0 Å². The van der Waals surface area contributed by atoms with Gasteiger partial charge in [-0.1, -0.05) is 0 Å². The van der Waals surface area contributed by atoms with E-state index < -0.39 is 22.3 Å². The van der Waals surface area contributed by atoms with Gasteiger partial charge in [-0.25, -0.2) is 0 Å².